The number of amides is 1. The third-order valence-corrected chi connectivity index (χ3v) is 2.58. The van der Waals surface area contributed by atoms with Crippen LogP contribution in [0.25, 0.3) is 0 Å². The highest BCUT2D eigenvalue weighted by Crippen LogP contribution is 2.22. The van der Waals surface area contributed by atoms with E-state index in [1.54, 1.807) is 6.07 Å². The summed E-state index contributed by atoms with van der Waals surface area (Å²) >= 11 is 5.99. The monoisotopic (exact) mass is 240 g/mol. The second-order valence-corrected chi connectivity index (χ2v) is 4.62. The number of hydrogen-bond acceptors (Lipinski definition) is 2. The first-order valence-corrected chi connectivity index (χ1v) is 5.69. The lowest BCUT2D eigenvalue weighted by Crippen LogP contribution is -2.36. The van der Waals surface area contributed by atoms with Gasteiger partial charge in [-0.15, -0.1) is 0 Å². The van der Waals surface area contributed by atoms with Crippen LogP contribution in [0.1, 0.15) is 20.3 Å². The van der Waals surface area contributed by atoms with Gasteiger partial charge in [0.05, 0.1) is 10.7 Å². The molecular formula is C12H17ClN2O. The molecule has 0 fully saturated rings. The Morgan fingerprint density at radius 3 is 2.56 bits per heavy atom. The lowest BCUT2D eigenvalue weighted by atomic mass is 10.0. The number of halogens is 1. The summed E-state index contributed by atoms with van der Waals surface area (Å²) in [4.78, 5) is 11.3. The minimum Gasteiger partial charge on any atom is -0.372 e. The second-order valence-electron chi connectivity index (χ2n) is 4.21. The molecule has 1 amide bonds. The summed E-state index contributed by atoms with van der Waals surface area (Å²) < 4.78 is 0. The van der Waals surface area contributed by atoms with Gasteiger partial charge < -0.3 is 11.1 Å². The van der Waals surface area contributed by atoms with Gasteiger partial charge in [0.1, 0.15) is 6.04 Å². The van der Waals surface area contributed by atoms with Crippen molar-refractivity contribution in [1.82, 2.24) is 0 Å². The van der Waals surface area contributed by atoms with Gasteiger partial charge in [-0.1, -0.05) is 37.6 Å². The van der Waals surface area contributed by atoms with Gasteiger partial charge in [0.25, 0.3) is 0 Å². The lowest BCUT2D eigenvalue weighted by molar-refractivity contribution is -0.119. The predicted molar refractivity (Wildman–Crippen MR) is 67.5 cm³/mol. The Morgan fingerprint density at radius 1 is 1.44 bits per heavy atom. The zero-order valence-corrected chi connectivity index (χ0v) is 10.3. The highest BCUT2D eigenvalue weighted by Gasteiger charge is 2.17. The Hall–Kier alpha value is -1.22. The Kier molecular flexibility index (Phi) is 4.62. The molecule has 0 aromatic heterocycles. The molecule has 1 aromatic carbocycles. The van der Waals surface area contributed by atoms with Crippen LogP contribution in [-0.2, 0) is 4.79 Å². The fraction of sp³-hybridized carbons (Fsp3) is 0.417. The van der Waals surface area contributed by atoms with Gasteiger partial charge in [0.15, 0.2) is 0 Å². The summed E-state index contributed by atoms with van der Waals surface area (Å²) in [5, 5.41) is 3.67. The molecule has 1 atom stereocenters. The van der Waals surface area contributed by atoms with E-state index in [0.717, 1.165) is 5.69 Å². The molecule has 0 radical (unpaired) electrons. The van der Waals surface area contributed by atoms with Crippen LogP contribution in [0.15, 0.2) is 24.3 Å². The van der Waals surface area contributed by atoms with Gasteiger partial charge >= 0.3 is 0 Å². The predicted octanol–water partition coefficient (Wildman–Crippen LogP) is 2.65. The second kappa shape index (κ2) is 5.75. The van der Waals surface area contributed by atoms with E-state index < -0.39 is 0 Å². The average Bonchev–Trinajstić information content (AvgIpc) is 2.19. The summed E-state index contributed by atoms with van der Waals surface area (Å²) in [6.45, 7) is 4.09. The van der Waals surface area contributed by atoms with Crippen molar-refractivity contribution in [2.45, 2.75) is 26.3 Å². The Bertz CT molecular complexity index is 366. The van der Waals surface area contributed by atoms with Crippen LogP contribution in [0.4, 0.5) is 5.69 Å². The van der Waals surface area contributed by atoms with Crippen molar-refractivity contribution >= 4 is 23.2 Å². The van der Waals surface area contributed by atoms with E-state index in [1.807, 2.05) is 32.0 Å². The van der Waals surface area contributed by atoms with E-state index in [1.165, 1.54) is 0 Å². The minimum atomic E-state index is -0.375. The number of carbonyl (C=O) groups excluding carboxylic acids is 1. The van der Waals surface area contributed by atoms with E-state index in [9.17, 15) is 4.79 Å². The average molecular weight is 241 g/mol. The van der Waals surface area contributed by atoms with Crippen LogP contribution in [-0.4, -0.2) is 11.9 Å². The fourth-order valence-electron chi connectivity index (χ4n) is 1.48. The minimum absolute atomic E-state index is 0.353. The van der Waals surface area contributed by atoms with Crippen LogP contribution in [0.2, 0.25) is 5.02 Å². The standard InChI is InChI=1S/C12H17ClN2O/c1-8(2)7-11(12(14)16)15-10-6-4-3-5-9(10)13/h3-6,8,11,15H,7H2,1-2H3,(H2,14,16). The molecular weight excluding hydrogens is 224 g/mol. The number of para-hydroxylation sites is 1. The number of anilines is 1. The number of benzene rings is 1. The third-order valence-electron chi connectivity index (χ3n) is 2.25. The van der Waals surface area contributed by atoms with E-state index in [4.69, 9.17) is 17.3 Å². The summed E-state index contributed by atoms with van der Waals surface area (Å²) in [5.74, 6) is 0.0427. The molecule has 1 unspecified atom stereocenters. The van der Waals surface area contributed by atoms with Crippen molar-refractivity contribution in [3.8, 4) is 0 Å². The van der Waals surface area contributed by atoms with Crippen molar-refractivity contribution in [2.24, 2.45) is 11.7 Å². The van der Waals surface area contributed by atoms with Gasteiger partial charge in [-0.25, -0.2) is 0 Å². The SMILES string of the molecule is CC(C)CC(Nc1ccccc1Cl)C(N)=O. The van der Waals surface area contributed by atoms with Gasteiger partial charge in [-0.2, -0.15) is 0 Å². The number of primary amides is 1. The number of carbonyl (C=O) groups is 1. The molecule has 0 spiro atoms. The molecule has 3 nitrogen and oxygen atoms in total. The van der Waals surface area contributed by atoms with Gasteiger partial charge in [-0.05, 0) is 24.5 Å². The van der Waals surface area contributed by atoms with Gasteiger partial charge in [-0.3, -0.25) is 4.79 Å². The van der Waals surface area contributed by atoms with E-state index in [2.05, 4.69) is 5.32 Å². The first-order valence-electron chi connectivity index (χ1n) is 5.31. The number of nitrogens with two attached hydrogens (primary N) is 1. The molecule has 88 valence electrons. The quantitative estimate of drug-likeness (QED) is 0.832. The highest BCUT2D eigenvalue weighted by molar-refractivity contribution is 6.33. The molecule has 4 heteroatoms. The molecule has 1 aromatic rings. The summed E-state index contributed by atoms with van der Waals surface area (Å²) in [7, 11) is 0. The number of hydrogen-bond donors (Lipinski definition) is 2. The van der Waals surface area contributed by atoms with Gasteiger partial charge in [0.2, 0.25) is 5.91 Å². The first-order chi connectivity index (χ1) is 7.50. The molecule has 3 N–H and O–H groups in total. The molecule has 0 saturated carbocycles. The third kappa shape index (κ3) is 3.74. The Labute approximate surface area is 101 Å². The van der Waals surface area contributed by atoms with Crippen molar-refractivity contribution < 1.29 is 4.79 Å². The molecule has 16 heavy (non-hydrogen) atoms. The van der Waals surface area contributed by atoms with Crippen molar-refractivity contribution in [1.29, 1.82) is 0 Å². The maximum absolute atomic E-state index is 11.3. The van der Waals surface area contributed by atoms with Crippen LogP contribution in [0, 0.1) is 5.92 Å². The topological polar surface area (TPSA) is 55.1 Å². The lowest BCUT2D eigenvalue weighted by Gasteiger charge is -2.19. The van der Waals surface area contributed by atoms with E-state index in [-0.39, 0.29) is 11.9 Å². The molecule has 0 aliphatic heterocycles. The molecule has 0 bridgehead atoms. The van der Waals surface area contributed by atoms with E-state index >= 15 is 0 Å². The van der Waals surface area contributed by atoms with Gasteiger partial charge in [0, 0.05) is 0 Å². The maximum Gasteiger partial charge on any atom is 0.239 e. The zero-order chi connectivity index (χ0) is 12.1. The Morgan fingerprint density at radius 2 is 2.06 bits per heavy atom. The highest BCUT2D eigenvalue weighted by atomic mass is 35.5. The maximum atomic E-state index is 11.3. The number of rotatable bonds is 5. The van der Waals surface area contributed by atoms with Crippen molar-refractivity contribution in [3.63, 3.8) is 0 Å². The van der Waals surface area contributed by atoms with Crippen LogP contribution in [0.5, 0.6) is 0 Å². The van der Waals surface area contributed by atoms with Crippen LogP contribution in [0.3, 0.4) is 0 Å². The van der Waals surface area contributed by atoms with Crippen molar-refractivity contribution in [2.75, 3.05) is 5.32 Å². The normalized spacial score (nSPS) is 12.5. The summed E-state index contributed by atoms with van der Waals surface area (Å²) in [5.41, 5.74) is 6.08. The van der Waals surface area contributed by atoms with E-state index in [0.29, 0.717) is 17.4 Å². The van der Waals surface area contributed by atoms with Crippen molar-refractivity contribution in [3.05, 3.63) is 29.3 Å². The first kappa shape index (κ1) is 12.8. The Balaban J connectivity index is 2.76. The zero-order valence-electron chi connectivity index (χ0n) is 9.53. The summed E-state index contributed by atoms with van der Waals surface area (Å²) in [6, 6.07) is 6.94. The molecule has 0 aliphatic carbocycles. The molecule has 1 rings (SSSR count). The summed E-state index contributed by atoms with van der Waals surface area (Å²) in [6.07, 6.45) is 0.695. The smallest absolute Gasteiger partial charge is 0.239 e. The molecule has 0 aliphatic rings. The van der Waals surface area contributed by atoms with Crippen LogP contribution < -0.4 is 11.1 Å². The molecule has 0 heterocycles. The largest absolute Gasteiger partial charge is 0.372 e. The van der Waals surface area contributed by atoms with Crippen LogP contribution >= 0.6 is 11.6 Å². The molecule has 0 saturated heterocycles. The fourth-order valence-corrected chi connectivity index (χ4v) is 1.67. The number of nitrogens with one attached hydrogen (secondary N) is 1.